The van der Waals surface area contributed by atoms with Crippen molar-refractivity contribution < 1.29 is 63.4 Å². The van der Waals surface area contributed by atoms with Gasteiger partial charge in [-0.15, -0.1) is 0 Å². The van der Waals surface area contributed by atoms with Crippen molar-refractivity contribution in [2.45, 2.75) is 26.1 Å². The van der Waals surface area contributed by atoms with Crippen LogP contribution in [0, 0.1) is 61.8 Å². The summed E-state index contributed by atoms with van der Waals surface area (Å²) in [4.78, 5) is 11.2. The van der Waals surface area contributed by atoms with Crippen molar-refractivity contribution in [3.05, 3.63) is 11.8 Å². The number of rotatable bonds is 2. The second-order valence-electron chi connectivity index (χ2n) is 4.75. The molecule has 5 nitrogen and oxygen atoms in total. The predicted octanol–water partition coefficient (Wildman–Crippen LogP) is 1.24. The monoisotopic (exact) mass is 468 g/mol. The number of nitrogens with one attached hydrogen (secondary N) is 1. The Morgan fingerprint density at radius 3 is 2.94 bits per heavy atom. The molecule has 1 saturated carbocycles. The van der Waals surface area contributed by atoms with Crippen molar-refractivity contribution in [1.29, 1.82) is 0 Å². The number of hydrogen-bond acceptors (Lipinski definition) is 4. The molecule has 1 aliphatic carbocycles. The summed E-state index contributed by atoms with van der Waals surface area (Å²) in [6, 6.07) is 0. The summed E-state index contributed by atoms with van der Waals surface area (Å²) in [5.41, 5.74) is 0.913. The fourth-order valence-electron chi connectivity index (χ4n) is 2.87. The van der Waals surface area contributed by atoms with E-state index < -0.39 is 12.4 Å². The van der Waals surface area contributed by atoms with Crippen molar-refractivity contribution in [3.8, 4) is 0 Å². The van der Waals surface area contributed by atoms with Crippen LogP contribution < -0.4 is 5.32 Å². The largest absolute Gasteiger partial charge is 0.462 e. The SMILES string of the molecule is CNC(=O)OC1OC=C(CO)C2CCC(C)C12.[Ac]. The van der Waals surface area contributed by atoms with Crippen LogP contribution in [0.4, 0.5) is 4.79 Å². The van der Waals surface area contributed by atoms with E-state index >= 15 is 0 Å². The molecule has 1 radical (unpaired) electrons. The van der Waals surface area contributed by atoms with Crippen LogP contribution in [0.2, 0.25) is 0 Å². The molecule has 4 atom stereocenters. The van der Waals surface area contributed by atoms with Crippen molar-refractivity contribution in [2.75, 3.05) is 13.7 Å². The van der Waals surface area contributed by atoms with E-state index in [4.69, 9.17) is 9.47 Å². The molecule has 6 heteroatoms. The third-order valence-corrected chi connectivity index (χ3v) is 3.81. The van der Waals surface area contributed by atoms with Gasteiger partial charge >= 0.3 is 6.09 Å². The van der Waals surface area contributed by atoms with E-state index in [0.717, 1.165) is 18.4 Å². The molecular weight excluding hydrogens is 449 g/mol. The van der Waals surface area contributed by atoms with E-state index in [1.165, 1.54) is 7.05 Å². The summed E-state index contributed by atoms with van der Waals surface area (Å²) in [7, 11) is 1.52. The fourth-order valence-corrected chi connectivity index (χ4v) is 2.87. The zero-order valence-electron chi connectivity index (χ0n) is 10.8. The molecule has 2 aliphatic rings. The van der Waals surface area contributed by atoms with E-state index in [0.29, 0.717) is 5.92 Å². The number of aliphatic hydroxyl groups is 1. The van der Waals surface area contributed by atoms with E-state index in [2.05, 4.69) is 12.2 Å². The number of alkyl carbamates (subject to hydrolysis) is 1. The molecule has 1 fully saturated rings. The average Bonchev–Trinajstić information content (AvgIpc) is 2.72. The fraction of sp³-hybridized carbons (Fsp3) is 0.750. The van der Waals surface area contributed by atoms with Gasteiger partial charge in [0.2, 0.25) is 6.29 Å². The molecule has 2 rings (SSSR count). The van der Waals surface area contributed by atoms with Crippen LogP contribution >= 0.6 is 0 Å². The van der Waals surface area contributed by atoms with E-state index in [1.54, 1.807) is 6.26 Å². The molecule has 99 valence electrons. The zero-order valence-corrected chi connectivity index (χ0v) is 15.5. The third kappa shape index (κ3) is 3.20. The molecule has 0 bridgehead atoms. The molecule has 2 N–H and O–H groups in total. The number of ether oxygens (including phenoxy) is 2. The van der Waals surface area contributed by atoms with E-state index in [-0.39, 0.29) is 62.5 Å². The van der Waals surface area contributed by atoms with E-state index in [9.17, 15) is 9.90 Å². The molecule has 1 aliphatic heterocycles. The van der Waals surface area contributed by atoms with Gasteiger partial charge in [0.05, 0.1) is 12.9 Å². The van der Waals surface area contributed by atoms with Gasteiger partial charge in [-0.3, -0.25) is 0 Å². The summed E-state index contributed by atoms with van der Waals surface area (Å²) in [5.74, 6) is 0.864. The number of hydrogen-bond donors (Lipinski definition) is 2. The van der Waals surface area contributed by atoms with Gasteiger partial charge in [0.15, 0.2) is 0 Å². The van der Waals surface area contributed by atoms with Crippen LogP contribution in [0.3, 0.4) is 0 Å². The van der Waals surface area contributed by atoms with Crippen LogP contribution in [-0.4, -0.2) is 31.1 Å². The second-order valence-corrected chi connectivity index (χ2v) is 4.75. The Morgan fingerprint density at radius 2 is 2.33 bits per heavy atom. The first kappa shape index (κ1) is 16.3. The standard InChI is InChI=1S/C12H19NO4.Ac/c1-7-3-4-9-8(5-14)6-16-11(10(7)9)17-12(15)13-2;/h6-7,9-11,14H,3-5H2,1-2H3,(H,13,15);. The molecule has 0 aromatic rings. The van der Waals surface area contributed by atoms with Crippen molar-refractivity contribution in [1.82, 2.24) is 5.32 Å². The Bertz CT molecular complexity index is 334. The number of carbonyl (C=O) groups is 1. The molecule has 1 amide bonds. The Balaban J connectivity index is 0.00000162. The Labute approximate surface area is 143 Å². The molecule has 1 heterocycles. The maximum atomic E-state index is 11.2. The summed E-state index contributed by atoms with van der Waals surface area (Å²) in [6.45, 7) is 2.15. The van der Waals surface area contributed by atoms with Gasteiger partial charge in [0, 0.05) is 57.0 Å². The minimum absolute atomic E-state index is 0. The second kappa shape index (κ2) is 7.12. The smallest absolute Gasteiger partial charge is 0.409 e. The van der Waals surface area contributed by atoms with Crippen LogP contribution in [-0.2, 0) is 9.47 Å². The summed E-state index contributed by atoms with van der Waals surface area (Å²) in [6.07, 6.45) is 2.63. The van der Waals surface area contributed by atoms with Crippen LogP contribution in [0.15, 0.2) is 11.8 Å². The van der Waals surface area contributed by atoms with Gasteiger partial charge in [0.25, 0.3) is 0 Å². The first-order chi connectivity index (χ1) is 8.17. The summed E-state index contributed by atoms with van der Waals surface area (Å²) >= 11 is 0. The summed E-state index contributed by atoms with van der Waals surface area (Å²) < 4.78 is 10.7. The predicted molar refractivity (Wildman–Crippen MR) is 61.0 cm³/mol. The first-order valence-corrected chi connectivity index (χ1v) is 6.01. The molecule has 18 heavy (non-hydrogen) atoms. The molecule has 0 aromatic heterocycles. The minimum Gasteiger partial charge on any atom is -0.462 e. The third-order valence-electron chi connectivity index (χ3n) is 3.81. The maximum absolute atomic E-state index is 11.2. The van der Waals surface area contributed by atoms with Gasteiger partial charge in [-0.05, 0) is 30.3 Å². The molecule has 0 saturated heterocycles. The van der Waals surface area contributed by atoms with Crippen molar-refractivity contribution in [3.63, 3.8) is 0 Å². The van der Waals surface area contributed by atoms with Gasteiger partial charge in [-0.1, -0.05) is 6.92 Å². The Kier molecular flexibility index (Phi) is 6.43. The van der Waals surface area contributed by atoms with Gasteiger partial charge in [-0.25, -0.2) is 4.79 Å². The van der Waals surface area contributed by atoms with Crippen molar-refractivity contribution in [2.24, 2.45) is 17.8 Å². The molecular formula is C12H19AcNO4. The van der Waals surface area contributed by atoms with Gasteiger partial charge in [-0.2, -0.15) is 0 Å². The number of aliphatic hydroxyl groups excluding tert-OH is 1. The molecule has 4 unspecified atom stereocenters. The van der Waals surface area contributed by atoms with E-state index in [1.807, 2.05) is 0 Å². The van der Waals surface area contributed by atoms with Gasteiger partial charge < -0.3 is 19.9 Å². The van der Waals surface area contributed by atoms with Gasteiger partial charge in [0.1, 0.15) is 0 Å². The molecule has 0 aromatic carbocycles. The quantitative estimate of drug-likeness (QED) is 0.641. The average molecular weight is 468 g/mol. The number of carbonyl (C=O) groups excluding carboxylic acids is 1. The Morgan fingerprint density at radius 1 is 1.61 bits per heavy atom. The van der Waals surface area contributed by atoms with Crippen LogP contribution in [0.5, 0.6) is 0 Å². The van der Waals surface area contributed by atoms with Crippen molar-refractivity contribution >= 4 is 6.09 Å². The number of fused-ring (bicyclic) bond motifs is 1. The maximum Gasteiger partial charge on any atom is 0.409 e. The minimum atomic E-state index is -0.534. The van der Waals surface area contributed by atoms with Crippen LogP contribution in [0.1, 0.15) is 19.8 Å². The topological polar surface area (TPSA) is 67.8 Å². The summed E-state index contributed by atoms with van der Waals surface area (Å²) in [5, 5.41) is 11.7. The first-order valence-electron chi connectivity index (χ1n) is 6.01. The zero-order chi connectivity index (χ0) is 12.4. The normalized spacial score (nSPS) is 33.6. The Hall–Kier alpha value is 0.212. The number of amides is 1. The molecule has 0 spiro atoms. The van der Waals surface area contributed by atoms with Crippen LogP contribution in [0.25, 0.3) is 0 Å².